The van der Waals surface area contributed by atoms with E-state index in [1.807, 2.05) is 0 Å². The summed E-state index contributed by atoms with van der Waals surface area (Å²) in [7, 11) is 0. The molecule has 6 heteroatoms. The van der Waals surface area contributed by atoms with Gasteiger partial charge in [0, 0.05) is 12.6 Å². The van der Waals surface area contributed by atoms with Gasteiger partial charge in [0.1, 0.15) is 0 Å². The van der Waals surface area contributed by atoms with Gasteiger partial charge in [0.25, 0.3) is 0 Å². The lowest BCUT2D eigenvalue weighted by Crippen LogP contribution is -2.44. The first-order valence-corrected chi connectivity index (χ1v) is 6.55. The van der Waals surface area contributed by atoms with Crippen molar-refractivity contribution < 1.29 is 22.6 Å². The van der Waals surface area contributed by atoms with Crippen molar-refractivity contribution in [3.05, 3.63) is 0 Å². The van der Waals surface area contributed by atoms with Gasteiger partial charge in [-0.15, -0.1) is 0 Å². The minimum atomic E-state index is -4.05. The van der Waals surface area contributed by atoms with Gasteiger partial charge in [-0.05, 0) is 19.3 Å². The van der Waals surface area contributed by atoms with Gasteiger partial charge in [-0.3, -0.25) is 0 Å². The molecule has 18 heavy (non-hydrogen) atoms. The molecule has 0 radical (unpaired) electrons. The Morgan fingerprint density at radius 2 is 2.00 bits per heavy atom. The molecule has 2 fully saturated rings. The van der Waals surface area contributed by atoms with E-state index in [1.165, 1.54) is 0 Å². The summed E-state index contributed by atoms with van der Waals surface area (Å²) in [5.41, 5.74) is 0. The van der Waals surface area contributed by atoms with Crippen LogP contribution < -0.4 is 5.32 Å². The third kappa shape index (κ3) is 4.10. The average Bonchev–Trinajstić information content (AvgIpc) is 2.37. The molecule has 2 aliphatic rings. The number of halogens is 3. The van der Waals surface area contributed by atoms with Crippen molar-refractivity contribution in [3.8, 4) is 0 Å². The Kier molecular flexibility index (Phi) is 4.86. The molecule has 0 spiro atoms. The lowest BCUT2D eigenvalue weighted by Gasteiger charge is -2.32. The van der Waals surface area contributed by atoms with Crippen LogP contribution in [0, 0.1) is 5.92 Å². The fraction of sp³-hybridized carbons (Fsp3) is 1.00. The Hall–Kier alpha value is -0.330. The summed E-state index contributed by atoms with van der Waals surface area (Å²) in [5, 5.41) is 3.19. The van der Waals surface area contributed by atoms with Crippen LogP contribution in [-0.4, -0.2) is 44.7 Å². The molecule has 0 amide bonds. The summed E-state index contributed by atoms with van der Waals surface area (Å²) in [5.74, 6) is -1.15. The molecule has 3 nitrogen and oxygen atoms in total. The van der Waals surface area contributed by atoms with E-state index in [9.17, 15) is 13.2 Å². The quantitative estimate of drug-likeness (QED) is 0.849. The summed E-state index contributed by atoms with van der Waals surface area (Å²) in [4.78, 5) is 0. The highest BCUT2D eigenvalue weighted by molar-refractivity contribution is 4.82. The second kappa shape index (κ2) is 6.21. The van der Waals surface area contributed by atoms with Crippen LogP contribution in [0.3, 0.4) is 0 Å². The van der Waals surface area contributed by atoms with Crippen LogP contribution in [0.4, 0.5) is 13.2 Å². The number of hydrogen-bond acceptors (Lipinski definition) is 3. The Morgan fingerprint density at radius 3 is 2.67 bits per heavy atom. The molecule has 0 bridgehead atoms. The van der Waals surface area contributed by atoms with E-state index >= 15 is 0 Å². The zero-order valence-electron chi connectivity index (χ0n) is 10.3. The maximum Gasteiger partial charge on any atom is 0.391 e. The lowest BCUT2D eigenvalue weighted by atomic mass is 9.85. The fourth-order valence-electron chi connectivity index (χ4n) is 2.63. The molecule has 1 N–H and O–H groups in total. The van der Waals surface area contributed by atoms with Crippen LogP contribution in [0.2, 0.25) is 0 Å². The van der Waals surface area contributed by atoms with Crippen molar-refractivity contribution >= 4 is 0 Å². The van der Waals surface area contributed by atoms with Gasteiger partial charge >= 0.3 is 6.18 Å². The molecule has 0 aromatic carbocycles. The van der Waals surface area contributed by atoms with Crippen LogP contribution >= 0.6 is 0 Å². The number of hydrogen-bond donors (Lipinski definition) is 1. The van der Waals surface area contributed by atoms with Crippen molar-refractivity contribution in [1.82, 2.24) is 5.32 Å². The molecule has 0 aromatic heterocycles. The van der Waals surface area contributed by atoms with Crippen LogP contribution in [0.1, 0.15) is 25.7 Å². The lowest BCUT2D eigenvalue weighted by molar-refractivity contribution is -0.184. The van der Waals surface area contributed by atoms with E-state index in [0.717, 1.165) is 6.42 Å². The molecule has 1 aliphatic carbocycles. The smallest absolute Gasteiger partial charge is 0.376 e. The van der Waals surface area contributed by atoms with E-state index in [4.69, 9.17) is 9.47 Å². The molecule has 1 aliphatic heterocycles. The van der Waals surface area contributed by atoms with E-state index in [2.05, 4.69) is 5.32 Å². The molecule has 1 heterocycles. The van der Waals surface area contributed by atoms with Crippen molar-refractivity contribution in [2.75, 3.05) is 26.4 Å². The summed E-state index contributed by atoms with van der Waals surface area (Å²) in [6, 6.07) is -0.0455. The van der Waals surface area contributed by atoms with Crippen molar-refractivity contribution in [3.63, 3.8) is 0 Å². The normalized spacial score (nSPS) is 34.5. The topological polar surface area (TPSA) is 30.5 Å². The maximum atomic E-state index is 12.6. The third-order valence-electron chi connectivity index (χ3n) is 3.66. The molecular formula is C12H20F3NO2. The SMILES string of the molecule is FC(F)(F)C1CCCC(NCC2COCCO2)C1. The first kappa shape index (κ1) is 14.1. The van der Waals surface area contributed by atoms with Crippen LogP contribution in [0.15, 0.2) is 0 Å². The third-order valence-corrected chi connectivity index (χ3v) is 3.66. The Morgan fingerprint density at radius 1 is 1.17 bits per heavy atom. The van der Waals surface area contributed by atoms with Gasteiger partial charge in [0.05, 0.1) is 31.8 Å². The molecule has 1 saturated carbocycles. The van der Waals surface area contributed by atoms with Gasteiger partial charge in [-0.25, -0.2) is 0 Å². The zero-order chi connectivity index (χ0) is 13.0. The number of nitrogens with one attached hydrogen (secondary N) is 1. The maximum absolute atomic E-state index is 12.6. The van der Waals surface area contributed by atoms with Crippen molar-refractivity contribution in [2.24, 2.45) is 5.92 Å². The largest absolute Gasteiger partial charge is 0.391 e. The molecular weight excluding hydrogens is 247 g/mol. The monoisotopic (exact) mass is 267 g/mol. The van der Waals surface area contributed by atoms with Crippen molar-refractivity contribution in [1.29, 1.82) is 0 Å². The zero-order valence-corrected chi connectivity index (χ0v) is 10.3. The summed E-state index contributed by atoms with van der Waals surface area (Å²) in [6.07, 6.45) is -2.15. The predicted molar refractivity (Wildman–Crippen MR) is 60.4 cm³/mol. The summed E-state index contributed by atoms with van der Waals surface area (Å²) < 4.78 is 48.6. The molecule has 3 atom stereocenters. The summed E-state index contributed by atoms with van der Waals surface area (Å²) >= 11 is 0. The Labute approximate surface area is 105 Å². The van der Waals surface area contributed by atoms with Gasteiger partial charge in [0.15, 0.2) is 0 Å². The van der Waals surface area contributed by atoms with E-state index in [0.29, 0.717) is 32.8 Å². The van der Waals surface area contributed by atoms with Gasteiger partial charge in [0.2, 0.25) is 0 Å². The standard InChI is InChI=1S/C12H20F3NO2/c13-12(14,15)9-2-1-3-10(6-9)16-7-11-8-17-4-5-18-11/h9-11,16H,1-8H2. The van der Waals surface area contributed by atoms with Gasteiger partial charge in [-0.2, -0.15) is 13.2 Å². The first-order chi connectivity index (χ1) is 8.55. The molecule has 106 valence electrons. The van der Waals surface area contributed by atoms with Crippen LogP contribution in [0.25, 0.3) is 0 Å². The van der Waals surface area contributed by atoms with Gasteiger partial charge in [-0.1, -0.05) is 6.42 Å². The molecule has 2 rings (SSSR count). The molecule has 3 unspecified atom stereocenters. The Bertz CT molecular complexity index is 254. The minimum Gasteiger partial charge on any atom is -0.376 e. The van der Waals surface area contributed by atoms with E-state index in [-0.39, 0.29) is 25.0 Å². The first-order valence-electron chi connectivity index (χ1n) is 6.55. The van der Waals surface area contributed by atoms with Crippen LogP contribution in [0.5, 0.6) is 0 Å². The summed E-state index contributed by atoms with van der Waals surface area (Å²) in [6.45, 7) is 2.29. The highest BCUT2D eigenvalue weighted by Gasteiger charge is 2.42. The number of rotatable bonds is 3. The van der Waals surface area contributed by atoms with Crippen LogP contribution in [-0.2, 0) is 9.47 Å². The number of alkyl halides is 3. The highest BCUT2D eigenvalue weighted by Crippen LogP contribution is 2.37. The van der Waals surface area contributed by atoms with Crippen molar-refractivity contribution in [2.45, 2.75) is 44.0 Å². The highest BCUT2D eigenvalue weighted by atomic mass is 19.4. The minimum absolute atomic E-state index is 0.0231. The second-order valence-electron chi connectivity index (χ2n) is 5.08. The predicted octanol–water partition coefficient (Wildman–Crippen LogP) is 2.11. The van der Waals surface area contributed by atoms with E-state index < -0.39 is 12.1 Å². The molecule has 1 saturated heterocycles. The molecule has 0 aromatic rings. The van der Waals surface area contributed by atoms with Gasteiger partial charge < -0.3 is 14.8 Å². The Balaban J connectivity index is 1.72. The fourth-order valence-corrected chi connectivity index (χ4v) is 2.63. The number of ether oxygens (including phenoxy) is 2. The van der Waals surface area contributed by atoms with E-state index in [1.54, 1.807) is 0 Å². The average molecular weight is 267 g/mol. The second-order valence-corrected chi connectivity index (χ2v) is 5.08.